The minimum Gasteiger partial charge on any atom is -0.493 e. The molecule has 0 atom stereocenters. The minimum absolute atomic E-state index is 0.283. The third kappa shape index (κ3) is 1.74. The Kier molecular flexibility index (Phi) is 2.68. The van der Waals surface area contributed by atoms with Gasteiger partial charge < -0.3 is 14.9 Å². The summed E-state index contributed by atoms with van der Waals surface area (Å²) < 4.78 is 11.3. The Bertz CT molecular complexity index is 637. The summed E-state index contributed by atoms with van der Waals surface area (Å²) in [7, 11) is 1.58. The molecule has 1 aliphatic carbocycles. The summed E-state index contributed by atoms with van der Waals surface area (Å²) in [5.41, 5.74) is 7.73. The van der Waals surface area contributed by atoms with Gasteiger partial charge in [0.05, 0.1) is 11.8 Å². The Morgan fingerprint density at radius 1 is 1.39 bits per heavy atom. The van der Waals surface area contributed by atoms with Gasteiger partial charge in [0.15, 0.2) is 11.3 Å². The lowest BCUT2D eigenvalue weighted by Gasteiger charge is -2.24. The molecular formula is C13H15NO3S. The van der Waals surface area contributed by atoms with E-state index in [1.54, 1.807) is 7.11 Å². The lowest BCUT2D eigenvalue weighted by Crippen LogP contribution is -2.32. The zero-order valence-electron chi connectivity index (χ0n) is 10.2. The van der Waals surface area contributed by atoms with Gasteiger partial charge in [-0.25, -0.2) is 4.79 Å². The highest BCUT2D eigenvalue weighted by Gasteiger charge is 2.32. The molecule has 5 heteroatoms. The largest absolute Gasteiger partial charge is 0.493 e. The molecule has 1 aromatic heterocycles. The fraction of sp³-hybridized carbons (Fsp3) is 0.462. The van der Waals surface area contributed by atoms with Gasteiger partial charge in [0, 0.05) is 5.54 Å². The van der Waals surface area contributed by atoms with Gasteiger partial charge in [0.25, 0.3) is 0 Å². The van der Waals surface area contributed by atoms with Crippen LogP contribution in [0, 0.1) is 0 Å². The van der Waals surface area contributed by atoms with Crippen molar-refractivity contribution in [3.05, 3.63) is 27.4 Å². The van der Waals surface area contributed by atoms with E-state index in [0.29, 0.717) is 11.3 Å². The molecule has 1 fully saturated rings. The van der Waals surface area contributed by atoms with Crippen molar-refractivity contribution in [3.8, 4) is 5.75 Å². The molecule has 3 rings (SSSR count). The number of ether oxygens (including phenoxy) is 1. The highest BCUT2D eigenvalue weighted by Crippen LogP contribution is 2.40. The lowest BCUT2D eigenvalue weighted by molar-refractivity contribution is 0.403. The standard InChI is InChI=1S/C13H15NO3S/c1-16-9-6-8(13(14)4-2-3-5-13)7-10-11(9)17-12(15)18-10/h6-7H,2-5,14H2,1H3. The van der Waals surface area contributed by atoms with Crippen molar-refractivity contribution in [2.45, 2.75) is 31.2 Å². The highest BCUT2D eigenvalue weighted by atomic mass is 32.1. The van der Waals surface area contributed by atoms with Crippen molar-refractivity contribution < 1.29 is 9.15 Å². The number of methoxy groups -OCH3 is 1. The lowest BCUT2D eigenvalue weighted by atomic mass is 9.89. The number of fused-ring (bicyclic) bond motifs is 1. The topological polar surface area (TPSA) is 65.5 Å². The summed E-state index contributed by atoms with van der Waals surface area (Å²) in [6, 6.07) is 3.88. The van der Waals surface area contributed by atoms with Crippen LogP contribution in [0.25, 0.3) is 10.3 Å². The predicted molar refractivity (Wildman–Crippen MR) is 71.2 cm³/mol. The van der Waals surface area contributed by atoms with Gasteiger partial charge in [-0.3, -0.25) is 0 Å². The Labute approximate surface area is 108 Å². The van der Waals surface area contributed by atoms with Gasteiger partial charge in [0.1, 0.15) is 0 Å². The van der Waals surface area contributed by atoms with Crippen LogP contribution in [0.3, 0.4) is 0 Å². The molecule has 0 radical (unpaired) electrons. The van der Waals surface area contributed by atoms with E-state index in [2.05, 4.69) is 0 Å². The predicted octanol–water partition coefficient (Wildman–Crippen LogP) is 2.59. The first-order chi connectivity index (χ1) is 8.62. The van der Waals surface area contributed by atoms with E-state index in [0.717, 1.165) is 47.3 Å². The van der Waals surface area contributed by atoms with Crippen molar-refractivity contribution >= 4 is 21.6 Å². The van der Waals surface area contributed by atoms with E-state index in [1.807, 2.05) is 12.1 Å². The van der Waals surface area contributed by atoms with Gasteiger partial charge in [-0.2, -0.15) is 0 Å². The zero-order valence-corrected chi connectivity index (χ0v) is 11.0. The Morgan fingerprint density at radius 2 is 2.11 bits per heavy atom. The van der Waals surface area contributed by atoms with Crippen LogP contribution >= 0.6 is 11.3 Å². The molecule has 4 nitrogen and oxygen atoms in total. The summed E-state index contributed by atoms with van der Waals surface area (Å²) >= 11 is 1.10. The molecular weight excluding hydrogens is 250 g/mol. The van der Waals surface area contributed by atoms with Crippen molar-refractivity contribution in [2.75, 3.05) is 7.11 Å². The first-order valence-corrected chi connectivity index (χ1v) is 6.85. The average Bonchev–Trinajstić information content (AvgIpc) is 2.93. The first kappa shape index (κ1) is 11.7. The van der Waals surface area contributed by atoms with E-state index >= 15 is 0 Å². The normalized spacial score (nSPS) is 18.3. The van der Waals surface area contributed by atoms with Crippen LogP contribution < -0.4 is 15.4 Å². The van der Waals surface area contributed by atoms with Crippen LogP contribution in [-0.4, -0.2) is 7.11 Å². The van der Waals surface area contributed by atoms with Gasteiger partial charge in [-0.15, -0.1) is 0 Å². The van der Waals surface area contributed by atoms with Gasteiger partial charge in [0.2, 0.25) is 0 Å². The second-order valence-corrected chi connectivity index (χ2v) is 5.80. The molecule has 0 bridgehead atoms. The summed E-state index contributed by atoms with van der Waals surface area (Å²) in [4.78, 5) is 11.0. The van der Waals surface area contributed by atoms with Crippen LogP contribution in [0.2, 0.25) is 0 Å². The van der Waals surface area contributed by atoms with Crippen LogP contribution in [0.1, 0.15) is 31.2 Å². The molecule has 0 aliphatic heterocycles. The van der Waals surface area contributed by atoms with Crippen molar-refractivity contribution in [1.82, 2.24) is 0 Å². The zero-order chi connectivity index (χ0) is 12.8. The number of rotatable bonds is 2. The van der Waals surface area contributed by atoms with Gasteiger partial charge in [-0.1, -0.05) is 24.2 Å². The second-order valence-electron chi connectivity index (χ2n) is 4.82. The quantitative estimate of drug-likeness (QED) is 0.906. The van der Waals surface area contributed by atoms with Gasteiger partial charge >= 0.3 is 4.94 Å². The first-order valence-electron chi connectivity index (χ1n) is 6.03. The molecule has 0 spiro atoms. The molecule has 18 heavy (non-hydrogen) atoms. The van der Waals surface area contributed by atoms with Crippen LogP contribution in [0.5, 0.6) is 5.75 Å². The van der Waals surface area contributed by atoms with E-state index in [4.69, 9.17) is 14.9 Å². The Hall–Kier alpha value is -1.33. The van der Waals surface area contributed by atoms with E-state index in [9.17, 15) is 4.79 Å². The minimum atomic E-state index is -0.307. The summed E-state index contributed by atoms with van der Waals surface area (Å²) in [6.07, 6.45) is 4.26. The van der Waals surface area contributed by atoms with Crippen LogP contribution in [0.4, 0.5) is 0 Å². The van der Waals surface area contributed by atoms with Gasteiger partial charge in [-0.05, 0) is 30.5 Å². The fourth-order valence-electron chi connectivity index (χ4n) is 2.68. The third-order valence-corrected chi connectivity index (χ3v) is 4.46. The number of hydrogen-bond donors (Lipinski definition) is 1. The Balaban J connectivity index is 2.21. The maximum atomic E-state index is 11.3. The monoisotopic (exact) mass is 265 g/mol. The Morgan fingerprint density at radius 3 is 2.78 bits per heavy atom. The summed E-state index contributed by atoms with van der Waals surface area (Å²) in [5, 5.41) is 0. The molecule has 0 unspecified atom stereocenters. The summed E-state index contributed by atoms with van der Waals surface area (Å²) in [6.45, 7) is 0. The van der Waals surface area contributed by atoms with E-state index in [1.165, 1.54) is 0 Å². The molecule has 1 aromatic carbocycles. The highest BCUT2D eigenvalue weighted by molar-refractivity contribution is 7.16. The third-order valence-electron chi connectivity index (χ3n) is 3.69. The molecule has 1 aliphatic rings. The summed E-state index contributed by atoms with van der Waals surface area (Å²) in [5.74, 6) is 0.595. The molecule has 0 amide bonds. The number of hydrogen-bond acceptors (Lipinski definition) is 5. The van der Waals surface area contributed by atoms with Crippen LogP contribution in [-0.2, 0) is 5.54 Å². The van der Waals surface area contributed by atoms with E-state index < -0.39 is 0 Å². The maximum absolute atomic E-state index is 11.3. The molecule has 1 saturated carbocycles. The molecule has 96 valence electrons. The molecule has 2 aromatic rings. The second kappa shape index (κ2) is 4.10. The van der Waals surface area contributed by atoms with Crippen LogP contribution in [0.15, 0.2) is 21.3 Å². The smallest absolute Gasteiger partial charge is 0.396 e. The average molecular weight is 265 g/mol. The van der Waals surface area contributed by atoms with Crippen molar-refractivity contribution in [1.29, 1.82) is 0 Å². The SMILES string of the molecule is COc1cc(C2(N)CCCC2)cc2sc(=O)oc12. The fourth-order valence-corrected chi connectivity index (χ4v) is 3.41. The molecule has 2 N–H and O–H groups in total. The maximum Gasteiger partial charge on any atom is 0.396 e. The van der Waals surface area contributed by atoms with Crippen molar-refractivity contribution in [2.24, 2.45) is 5.73 Å². The molecule has 0 saturated heterocycles. The molecule has 1 heterocycles. The number of nitrogens with two attached hydrogens (primary N) is 1. The van der Waals surface area contributed by atoms with Crippen molar-refractivity contribution in [3.63, 3.8) is 0 Å². The van der Waals surface area contributed by atoms with E-state index in [-0.39, 0.29) is 10.5 Å². The number of benzene rings is 1.